The van der Waals surface area contributed by atoms with Gasteiger partial charge in [-0.3, -0.25) is 0 Å². The van der Waals surface area contributed by atoms with Crippen molar-refractivity contribution in [2.45, 2.75) is 70.9 Å². The van der Waals surface area contributed by atoms with E-state index in [2.05, 4.69) is 19.9 Å². The van der Waals surface area contributed by atoms with E-state index < -0.39 is 5.54 Å². The molecule has 0 amide bonds. The normalized spacial score (nSPS) is 31.6. The van der Waals surface area contributed by atoms with Crippen LogP contribution in [0.4, 0.5) is 0 Å². The van der Waals surface area contributed by atoms with Crippen molar-refractivity contribution in [3.05, 3.63) is 0 Å². The molecule has 0 spiro atoms. The molecule has 4 unspecified atom stereocenters. The van der Waals surface area contributed by atoms with Crippen molar-refractivity contribution in [2.75, 3.05) is 6.61 Å². The molecular weight excluding hydrogens is 224 g/mol. The van der Waals surface area contributed by atoms with Crippen LogP contribution in [0, 0.1) is 23.2 Å². The van der Waals surface area contributed by atoms with Gasteiger partial charge in [0.2, 0.25) is 0 Å². The molecule has 0 saturated heterocycles. The van der Waals surface area contributed by atoms with Gasteiger partial charge in [0.1, 0.15) is 5.54 Å². The standard InChI is InChI=1S/C15H28N2O/c1-4-15(17,11-16)8-5-9-18-14-7-6-12(2)13(3)10-14/h12-14H,4-10,17H2,1-3H3. The van der Waals surface area contributed by atoms with Crippen LogP contribution < -0.4 is 5.73 Å². The summed E-state index contributed by atoms with van der Waals surface area (Å²) >= 11 is 0. The minimum absolute atomic E-state index is 0.423. The maximum absolute atomic E-state index is 8.98. The predicted molar refractivity (Wildman–Crippen MR) is 74.0 cm³/mol. The van der Waals surface area contributed by atoms with Gasteiger partial charge in [0.05, 0.1) is 12.2 Å². The van der Waals surface area contributed by atoms with E-state index in [-0.39, 0.29) is 0 Å². The summed E-state index contributed by atoms with van der Waals surface area (Å²) < 4.78 is 5.92. The van der Waals surface area contributed by atoms with E-state index in [1.54, 1.807) is 0 Å². The Kier molecular flexibility index (Phi) is 6.11. The number of nitriles is 1. The molecule has 1 saturated carbocycles. The highest BCUT2D eigenvalue weighted by atomic mass is 16.5. The number of hydrogen-bond donors (Lipinski definition) is 1. The van der Waals surface area contributed by atoms with Crippen molar-refractivity contribution in [3.63, 3.8) is 0 Å². The fraction of sp³-hybridized carbons (Fsp3) is 0.933. The van der Waals surface area contributed by atoms with Crippen LogP contribution in [0.25, 0.3) is 0 Å². The van der Waals surface area contributed by atoms with Crippen molar-refractivity contribution in [1.29, 1.82) is 5.26 Å². The second-order valence-electron chi connectivity index (χ2n) is 5.99. The van der Waals surface area contributed by atoms with Crippen LogP contribution in [-0.2, 0) is 4.74 Å². The summed E-state index contributed by atoms with van der Waals surface area (Å²) in [6.45, 7) is 7.36. The van der Waals surface area contributed by atoms with Crippen molar-refractivity contribution in [1.82, 2.24) is 0 Å². The molecular formula is C15H28N2O. The Morgan fingerprint density at radius 3 is 2.61 bits per heavy atom. The van der Waals surface area contributed by atoms with Crippen molar-refractivity contribution in [2.24, 2.45) is 17.6 Å². The summed E-state index contributed by atoms with van der Waals surface area (Å²) in [6.07, 6.45) is 6.40. The summed E-state index contributed by atoms with van der Waals surface area (Å²) in [5, 5.41) is 8.98. The van der Waals surface area contributed by atoms with Gasteiger partial charge >= 0.3 is 0 Å². The fourth-order valence-electron chi connectivity index (χ4n) is 2.60. The second kappa shape index (κ2) is 7.11. The Morgan fingerprint density at radius 2 is 2.06 bits per heavy atom. The molecule has 0 aromatic carbocycles. The van der Waals surface area contributed by atoms with E-state index in [0.29, 0.717) is 12.5 Å². The minimum Gasteiger partial charge on any atom is -0.378 e. The van der Waals surface area contributed by atoms with Gasteiger partial charge < -0.3 is 10.5 Å². The number of nitrogens with two attached hydrogens (primary N) is 1. The third kappa shape index (κ3) is 4.59. The zero-order valence-corrected chi connectivity index (χ0v) is 12.1. The average Bonchev–Trinajstić information content (AvgIpc) is 2.38. The van der Waals surface area contributed by atoms with Crippen LogP contribution in [0.3, 0.4) is 0 Å². The highest BCUT2D eigenvalue weighted by Gasteiger charge is 2.25. The topological polar surface area (TPSA) is 59.0 Å². The molecule has 1 fully saturated rings. The Hall–Kier alpha value is -0.590. The van der Waals surface area contributed by atoms with Crippen LogP contribution in [-0.4, -0.2) is 18.2 Å². The zero-order valence-electron chi connectivity index (χ0n) is 12.1. The largest absolute Gasteiger partial charge is 0.378 e. The first kappa shape index (κ1) is 15.5. The summed E-state index contributed by atoms with van der Waals surface area (Å²) in [6, 6.07) is 2.20. The van der Waals surface area contributed by atoms with E-state index in [9.17, 15) is 0 Å². The molecule has 0 aliphatic heterocycles. The molecule has 1 aliphatic rings. The van der Waals surface area contributed by atoms with Crippen LogP contribution in [0.2, 0.25) is 0 Å². The summed E-state index contributed by atoms with van der Waals surface area (Å²) in [5.41, 5.74) is 5.28. The molecule has 2 N–H and O–H groups in total. The number of ether oxygens (including phenoxy) is 1. The molecule has 1 rings (SSSR count). The quantitative estimate of drug-likeness (QED) is 0.738. The van der Waals surface area contributed by atoms with Gasteiger partial charge in [-0.05, 0) is 50.4 Å². The first-order valence-electron chi connectivity index (χ1n) is 7.32. The van der Waals surface area contributed by atoms with Gasteiger partial charge in [-0.25, -0.2) is 0 Å². The van der Waals surface area contributed by atoms with Crippen molar-refractivity contribution < 1.29 is 4.74 Å². The number of hydrogen-bond acceptors (Lipinski definition) is 3. The first-order chi connectivity index (χ1) is 8.50. The van der Waals surface area contributed by atoms with Crippen molar-refractivity contribution in [3.8, 4) is 6.07 Å². The van der Waals surface area contributed by atoms with Crippen LogP contribution in [0.15, 0.2) is 0 Å². The number of rotatable bonds is 6. The maximum atomic E-state index is 8.98. The fourth-order valence-corrected chi connectivity index (χ4v) is 2.60. The third-order valence-electron chi connectivity index (χ3n) is 4.52. The van der Waals surface area contributed by atoms with E-state index >= 15 is 0 Å². The molecule has 0 radical (unpaired) electrons. The third-order valence-corrected chi connectivity index (χ3v) is 4.52. The Morgan fingerprint density at radius 1 is 1.33 bits per heavy atom. The molecule has 0 bridgehead atoms. The van der Waals surface area contributed by atoms with Crippen LogP contribution >= 0.6 is 0 Å². The Bertz CT molecular complexity index is 287. The molecule has 3 heteroatoms. The zero-order chi connectivity index (χ0) is 13.6. The number of nitrogens with zero attached hydrogens (tertiary/aromatic N) is 1. The lowest BCUT2D eigenvalue weighted by molar-refractivity contribution is 0.0000904. The first-order valence-corrected chi connectivity index (χ1v) is 7.32. The van der Waals surface area contributed by atoms with Crippen LogP contribution in [0.1, 0.15) is 59.3 Å². The monoisotopic (exact) mass is 252 g/mol. The lowest BCUT2D eigenvalue weighted by Gasteiger charge is -2.32. The highest BCUT2D eigenvalue weighted by Crippen LogP contribution is 2.31. The highest BCUT2D eigenvalue weighted by molar-refractivity contribution is 5.03. The van der Waals surface area contributed by atoms with E-state index in [1.165, 1.54) is 19.3 Å². The van der Waals surface area contributed by atoms with Gasteiger partial charge in [0.15, 0.2) is 0 Å². The summed E-state index contributed by atoms with van der Waals surface area (Å²) in [4.78, 5) is 0. The maximum Gasteiger partial charge on any atom is 0.104 e. The van der Waals surface area contributed by atoms with Gasteiger partial charge in [0.25, 0.3) is 0 Å². The molecule has 4 atom stereocenters. The lowest BCUT2D eigenvalue weighted by atomic mass is 9.80. The lowest BCUT2D eigenvalue weighted by Crippen LogP contribution is -2.37. The van der Waals surface area contributed by atoms with Gasteiger partial charge in [0, 0.05) is 6.61 Å². The Balaban J connectivity index is 2.17. The van der Waals surface area contributed by atoms with E-state index in [1.807, 2.05) is 6.92 Å². The molecule has 0 aromatic heterocycles. The summed E-state index contributed by atoms with van der Waals surface area (Å²) in [7, 11) is 0. The van der Waals surface area contributed by atoms with E-state index in [4.69, 9.17) is 15.7 Å². The predicted octanol–water partition coefficient (Wildman–Crippen LogP) is 3.24. The van der Waals surface area contributed by atoms with Gasteiger partial charge in [-0.15, -0.1) is 0 Å². The minimum atomic E-state index is -0.655. The molecule has 18 heavy (non-hydrogen) atoms. The molecule has 3 nitrogen and oxygen atoms in total. The summed E-state index contributed by atoms with van der Waals surface area (Å²) in [5.74, 6) is 1.60. The van der Waals surface area contributed by atoms with E-state index in [0.717, 1.165) is 31.3 Å². The van der Waals surface area contributed by atoms with Crippen molar-refractivity contribution >= 4 is 0 Å². The van der Waals surface area contributed by atoms with Gasteiger partial charge in [-0.1, -0.05) is 20.8 Å². The average molecular weight is 252 g/mol. The molecule has 0 aromatic rings. The molecule has 0 heterocycles. The Labute approximate surface area is 112 Å². The smallest absolute Gasteiger partial charge is 0.104 e. The van der Waals surface area contributed by atoms with Gasteiger partial charge in [-0.2, -0.15) is 5.26 Å². The SMILES string of the molecule is CCC(N)(C#N)CCCOC1CCC(C)C(C)C1. The second-order valence-corrected chi connectivity index (χ2v) is 5.99. The molecule has 104 valence electrons. The van der Waals surface area contributed by atoms with Crippen LogP contribution in [0.5, 0.6) is 0 Å². The molecule has 1 aliphatic carbocycles.